The van der Waals surface area contributed by atoms with E-state index in [2.05, 4.69) is 5.32 Å². The van der Waals surface area contributed by atoms with Gasteiger partial charge in [0, 0.05) is 25.0 Å². The molecule has 5 nitrogen and oxygen atoms in total. The van der Waals surface area contributed by atoms with Gasteiger partial charge in [0.2, 0.25) is 15.9 Å². The summed E-state index contributed by atoms with van der Waals surface area (Å²) in [4.78, 5) is 12.6. The summed E-state index contributed by atoms with van der Waals surface area (Å²) >= 11 is 12.2. The minimum absolute atomic E-state index is 0.0456. The van der Waals surface area contributed by atoms with E-state index in [1.165, 1.54) is 48.5 Å². The number of piperidine rings is 1. The Morgan fingerprint density at radius 3 is 2.04 bits per heavy atom. The lowest BCUT2D eigenvalue weighted by atomic mass is 9.94. The molecule has 2 aliphatic rings. The quantitative estimate of drug-likeness (QED) is 0.732. The Bertz CT molecular complexity index is 764. The third kappa shape index (κ3) is 5.21. The SMILES string of the molecule is O=C(NC1CCCCCCC1)C1CCN(S(=O)(=O)c2c(Cl)cccc2Cl)CC1. The van der Waals surface area contributed by atoms with Crippen LogP contribution < -0.4 is 5.32 Å². The fourth-order valence-electron chi connectivity index (χ4n) is 4.14. The van der Waals surface area contributed by atoms with Gasteiger partial charge in [-0.1, -0.05) is 61.4 Å². The first-order valence-electron chi connectivity index (χ1n) is 10.1. The summed E-state index contributed by atoms with van der Waals surface area (Å²) in [5.41, 5.74) is 0. The van der Waals surface area contributed by atoms with Crippen LogP contribution in [-0.4, -0.2) is 37.8 Å². The molecule has 0 unspecified atom stereocenters. The monoisotopic (exact) mass is 446 g/mol. The molecular weight excluding hydrogens is 419 g/mol. The Balaban J connectivity index is 1.58. The van der Waals surface area contributed by atoms with Crippen LogP contribution in [0.3, 0.4) is 0 Å². The number of hydrogen-bond donors (Lipinski definition) is 1. The molecule has 0 atom stereocenters. The summed E-state index contributed by atoms with van der Waals surface area (Å²) in [5, 5.41) is 3.45. The van der Waals surface area contributed by atoms with Gasteiger partial charge in [-0.05, 0) is 37.8 Å². The molecule has 1 aromatic carbocycles. The minimum atomic E-state index is -3.77. The fraction of sp³-hybridized carbons (Fsp3) is 0.650. The number of nitrogens with zero attached hydrogens (tertiary/aromatic N) is 1. The molecule has 156 valence electrons. The van der Waals surface area contributed by atoms with E-state index >= 15 is 0 Å². The lowest BCUT2D eigenvalue weighted by Crippen LogP contribution is -2.45. The number of carbonyl (C=O) groups is 1. The number of benzene rings is 1. The predicted octanol–water partition coefficient (Wildman–Crippen LogP) is 4.62. The van der Waals surface area contributed by atoms with Gasteiger partial charge in [-0.2, -0.15) is 4.31 Å². The summed E-state index contributed by atoms with van der Waals surface area (Å²) in [6, 6.07) is 4.93. The average Bonchev–Trinajstić information content (AvgIpc) is 2.63. The molecule has 0 radical (unpaired) electrons. The number of nitrogens with one attached hydrogen (secondary N) is 1. The summed E-state index contributed by atoms with van der Waals surface area (Å²) in [6.45, 7) is 0.597. The van der Waals surface area contributed by atoms with Crippen LogP contribution in [0.1, 0.15) is 57.8 Å². The van der Waals surface area contributed by atoms with Crippen LogP contribution in [0.25, 0.3) is 0 Å². The van der Waals surface area contributed by atoms with Crippen LogP contribution in [0, 0.1) is 5.92 Å². The van der Waals surface area contributed by atoms with E-state index in [-0.39, 0.29) is 32.8 Å². The van der Waals surface area contributed by atoms with Crippen LogP contribution in [0.15, 0.2) is 23.1 Å². The zero-order chi connectivity index (χ0) is 20.1. The molecular formula is C20H28Cl2N2O3S. The highest BCUT2D eigenvalue weighted by Crippen LogP contribution is 2.33. The molecule has 1 aliphatic carbocycles. The highest BCUT2D eigenvalue weighted by atomic mass is 35.5. The van der Waals surface area contributed by atoms with E-state index in [1.807, 2.05) is 0 Å². The minimum Gasteiger partial charge on any atom is -0.353 e. The smallest absolute Gasteiger partial charge is 0.246 e. The maximum atomic E-state index is 12.9. The molecule has 0 bridgehead atoms. The van der Waals surface area contributed by atoms with Gasteiger partial charge in [-0.15, -0.1) is 0 Å². The van der Waals surface area contributed by atoms with Gasteiger partial charge < -0.3 is 5.32 Å². The van der Waals surface area contributed by atoms with E-state index in [0.717, 1.165) is 12.8 Å². The van der Waals surface area contributed by atoms with Crippen LogP contribution in [-0.2, 0) is 14.8 Å². The molecule has 1 saturated heterocycles. The largest absolute Gasteiger partial charge is 0.353 e. The highest BCUT2D eigenvalue weighted by Gasteiger charge is 2.34. The van der Waals surface area contributed by atoms with Crippen molar-refractivity contribution in [1.82, 2.24) is 9.62 Å². The normalized spacial score (nSPS) is 21.1. The lowest BCUT2D eigenvalue weighted by molar-refractivity contribution is -0.127. The molecule has 28 heavy (non-hydrogen) atoms. The summed E-state index contributed by atoms with van der Waals surface area (Å²) in [5.74, 6) is -0.0722. The molecule has 0 spiro atoms. The molecule has 2 fully saturated rings. The first-order chi connectivity index (χ1) is 13.4. The summed E-state index contributed by atoms with van der Waals surface area (Å²) in [6.07, 6.45) is 9.23. The van der Waals surface area contributed by atoms with Crippen molar-refractivity contribution in [3.63, 3.8) is 0 Å². The van der Waals surface area contributed by atoms with Gasteiger partial charge in [-0.3, -0.25) is 4.79 Å². The van der Waals surface area contributed by atoms with Gasteiger partial charge >= 0.3 is 0 Å². The second-order valence-corrected chi connectivity index (χ2v) is 10.5. The Hall–Kier alpha value is -0.820. The molecule has 1 aromatic rings. The van der Waals surface area contributed by atoms with Gasteiger partial charge in [0.1, 0.15) is 4.90 Å². The molecule has 1 aliphatic heterocycles. The van der Waals surface area contributed by atoms with E-state index in [9.17, 15) is 13.2 Å². The Labute approximate surface area is 177 Å². The molecule has 1 amide bonds. The van der Waals surface area contributed by atoms with Gasteiger partial charge in [0.15, 0.2) is 0 Å². The summed E-state index contributed by atoms with van der Waals surface area (Å²) in [7, 11) is -3.77. The van der Waals surface area contributed by atoms with E-state index < -0.39 is 10.0 Å². The van der Waals surface area contributed by atoms with Gasteiger partial charge in [-0.25, -0.2) is 8.42 Å². The first-order valence-corrected chi connectivity index (χ1v) is 12.3. The number of amides is 1. The van der Waals surface area contributed by atoms with E-state index in [1.54, 1.807) is 6.07 Å². The van der Waals surface area contributed by atoms with Crippen LogP contribution >= 0.6 is 23.2 Å². The molecule has 1 saturated carbocycles. The first kappa shape index (κ1) is 21.9. The van der Waals surface area contributed by atoms with Gasteiger partial charge in [0.25, 0.3) is 0 Å². The zero-order valence-electron chi connectivity index (χ0n) is 16.0. The van der Waals surface area contributed by atoms with Crippen molar-refractivity contribution in [3.05, 3.63) is 28.2 Å². The third-order valence-electron chi connectivity index (χ3n) is 5.79. The van der Waals surface area contributed by atoms with Crippen molar-refractivity contribution in [3.8, 4) is 0 Å². The van der Waals surface area contributed by atoms with Crippen LogP contribution in [0.2, 0.25) is 10.0 Å². The van der Waals surface area contributed by atoms with Crippen LogP contribution in [0.5, 0.6) is 0 Å². The molecule has 8 heteroatoms. The second kappa shape index (κ2) is 9.79. The topological polar surface area (TPSA) is 66.5 Å². The van der Waals surface area contributed by atoms with Crippen molar-refractivity contribution >= 4 is 39.1 Å². The second-order valence-electron chi connectivity index (χ2n) is 7.78. The molecule has 1 heterocycles. The Morgan fingerprint density at radius 2 is 1.46 bits per heavy atom. The zero-order valence-corrected chi connectivity index (χ0v) is 18.3. The predicted molar refractivity (Wildman–Crippen MR) is 112 cm³/mol. The van der Waals surface area contributed by atoms with E-state index in [4.69, 9.17) is 23.2 Å². The third-order valence-corrected chi connectivity index (χ3v) is 8.65. The van der Waals surface area contributed by atoms with Crippen LogP contribution in [0.4, 0.5) is 0 Å². The number of rotatable bonds is 4. The van der Waals surface area contributed by atoms with Crippen molar-refractivity contribution in [2.24, 2.45) is 5.92 Å². The molecule has 3 rings (SSSR count). The lowest BCUT2D eigenvalue weighted by Gasteiger charge is -2.32. The fourth-order valence-corrected chi connectivity index (χ4v) is 6.70. The maximum absolute atomic E-state index is 12.9. The number of carbonyl (C=O) groups excluding carboxylic acids is 1. The number of hydrogen-bond acceptors (Lipinski definition) is 3. The maximum Gasteiger partial charge on any atom is 0.246 e. The average molecular weight is 447 g/mol. The standard InChI is InChI=1S/C20H28Cl2N2O3S/c21-17-9-6-10-18(22)19(17)28(26,27)24-13-11-15(12-14-24)20(25)23-16-7-4-2-1-3-5-8-16/h6,9-10,15-16H,1-5,7-8,11-14H2,(H,23,25). The Morgan fingerprint density at radius 1 is 0.929 bits per heavy atom. The number of halogens is 2. The molecule has 0 aromatic heterocycles. The number of sulfonamides is 1. The van der Waals surface area contributed by atoms with Crippen molar-refractivity contribution < 1.29 is 13.2 Å². The van der Waals surface area contributed by atoms with E-state index in [0.29, 0.717) is 25.9 Å². The summed E-state index contributed by atoms with van der Waals surface area (Å²) < 4.78 is 27.3. The highest BCUT2D eigenvalue weighted by molar-refractivity contribution is 7.89. The van der Waals surface area contributed by atoms with Crippen molar-refractivity contribution in [2.75, 3.05) is 13.1 Å². The van der Waals surface area contributed by atoms with Crippen molar-refractivity contribution in [1.29, 1.82) is 0 Å². The molecule has 1 N–H and O–H groups in total. The van der Waals surface area contributed by atoms with Gasteiger partial charge in [0.05, 0.1) is 10.0 Å². The Kier molecular flexibility index (Phi) is 7.65. The van der Waals surface area contributed by atoms with Crippen molar-refractivity contribution in [2.45, 2.75) is 68.7 Å².